The number of aromatic nitrogens is 5. The molecular formula is C21H24FIN8. The van der Waals surface area contributed by atoms with E-state index in [9.17, 15) is 4.39 Å². The van der Waals surface area contributed by atoms with Crippen LogP contribution in [-0.2, 0) is 13.1 Å². The molecule has 3 heterocycles. The van der Waals surface area contributed by atoms with Gasteiger partial charge in [0.05, 0.1) is 18.8 Å². The Morgan fingerprint density at radius 3 is 2.74 bits per heavy atom. The molecule has 3 aromatic heterocycles. The second kappa shape index (κ2) is 10.3. The van der Waals surface area contributed by atoms with E-state index in [1.807, 2.05) is 48.7 Å². The van der Waals surface area contributed by atoms with Gasteiger partial charge in [-0.2, -0.15) is 0 Å². The van der Waals surface area contributed by atoms with Crippen LogP contribution in [0.15, 0.2) is 60.0 Å². The first-order valence-electron chi connectivity index (χ1n) is 9.75. The SMILES string of the molecule is CCNC(=NCc1ccc(-n2ccnc2C)c(F)c1)NCc1nnc2ccccn12.I. The summed E-state index contributed by atoms with van der Waals surface area (Å²) in [6, 6.07) is 10.9. The van der Waals surface area contributed by atoms with Crippen LogP contribution in [0.2, 0.25) is 0 Å². The van der Waals surface area contributed by atoms with Crippen LogP contribution in [0.3, 0.4) is 0 Å². The second-order valence-corrected chi connectivity index (χ2v) is 6.72. The molecule has 1 aromatic carbocycles. The molecule has 0 fully saturated rings. The number of aliphatic imine (C=N–C) groups is 1. The van der Waals surface area contributed by atoms with Crippen LogP contribution in [-0.4, -0.2) is 36.7 Å². The molecule has 0 saturated carbocycles. The third-order valence-electron chi connectivity index (χ3n) is 4.66. The average Bonchev–Trinajstić information content (AvgIpc) is 3.36. The van der Waals surface area contributed by atoms with Crippen molar-refractivity contribution in [1.29, 1.82) is 0 Å². The maximum atomic E-state index is 14.6. The Balaban J connectivity index is 0.00000272. The second-order valence-electron chi connectivity index (χ2n) is 6.72. The maximum Gasteiger partial charge on any atom is 0.191 e. The monoisotopic (exact) mass is 534 g/mol. The molecule has 31 heavy (non-hydrogen) atoms. The van der Waals surface area contributed by atoms with Crippen molar-refractivity contribution >= 4 is 35.6 Å². The van der Waals surface area contributed by atoms with Crippen LogP contribution >= 0.6 is 24.0 Å². The predicted octanol–water partition coefficient (Wildman–Crippen LogP) is 3.24. The van der Waals surface area contributed by atoms with E-state index in [0.29, 0.717) is 31.3 Å². The lowest BCUT2D eigenvalue weighted by Gasteiger charge is -2.11. The number of hydrogen-bond donors (Lipinski definition) is 2. The van der Waals surface area contributed by atoms with Crippen LogP contribution < -0.4 is 10.6 Å². The minimum absolute atomic E-state index is 0. The van der Waals surface area contributed by atoms with Gasteiger partial charge < -0.3 is 15.2 Å². The number of nitrogens with one attached hydrogen (secondary N) is 2. The normalized spacial score (nSPS) is 11.4. The van der Waals surface area contributed by atoms with E-state index >= 15 is 0 Å². The minimum atomic E-state index is -0.309. The van der Waals surface area contributed by atoms with Crippen LogP contribution in [0.25, 0.3) is 11.3 Å². The first-order chi connectivity index (χ1) is 14.7. The number of guanidine groups is 1. The number of pyridine rings is 1. The molecule has 0 radical (unpaired) electrons. The number of fused-ring (bicyclic) bond motifs is 1. The van der Waals surface area contributed by atoms with Gasteiger partial charge in [-0.25, -0.2) is 14.4 Å². The van der Waals surface area contributed by atoms with Crippen molar-refractivity contribution in [2.75, 3.05) is 6.54 Å². The molecule has 10 heteroatoms. The van der Waals surface area contributed by atoms with Gasteiger partial charge in [0.1, 0.15) is 11.6 Å². The molecule has 0 unspecified atom stereocenters. The van der Waals surface area contributed by atoms with E-state index in [1.54, 1.807) is 23.0 Å². The first-order valence-corrected chi connectivity index (χ1v) is 9.75. The highest BCUT2D eigenvalue weighted by molar-refractivity contribution is 14.0. The van der Waals surface area contributed by atoms with Crippen LogP contribution in [0.5, 0.6) is 0 Å². The number of imidazole rings is 1. The molecule has 0 atom stereocenters. The van der Waals surface area contributed by atoms with Gasteiger partial charge in [0.25, 0.3) is 0 Å². The molecule has 0 bridgehead atoms. The molecule has 0 aliphatic rings. The van der Waals surface area contributed by atoms with Crippen molar-refractivity contribution in [1.82, 2.24) is 34.8 Å². The molecule has 0 aliphatic carbocycles. The molecule has 8 nitrogen and oxygen atoms in total. The van der Waals surface area contributed by atoms with E-state index in [2.05, 4.69) is 30.8 Å². The smallest absolute Gasteiger partial charge is 0.191 e. The van der Waals surface area contributed by atoms with Gasteiger partial charge in [-0.15, -0.1) is 34.2 Å². The fraction of sp³-hybridized carbons (Fsp3) is 0.238. The van der Waals surface area contributed by atoms with Crippen LogP contribution in [0.4, 0.5) is 4.39 Å². The molecule has 4 rings (SSSR count). The Labute approximate surface area is 196 Å². The number of rotatable bonds is 6. The molecule has 2 N–H and O–H groups in total. The fourth-order valence-electron chi connectivity index (χ4n) is 3.16. The number of hydrogen-bond acceptors (Lipinski definition) is 4. The topological polar surface area (TPSA) is 84.4 Å². The summed E-state index contributed by atoms with van der Waals surface area (Å²) < 4.78 is 18.2. The lowest BCUT2D eigenvalue weighted by atomic mass is 10.2. The number of halogens is 2. The van der Waals surface area contributed by atoms with Crippen molar-refractivity contribution in [2.24, 2.45) is 4.99 Å². The maximum absolute atomic E-state index is 14.6. The van der Waals surface area contributed by atoms with Gasteiger partial charge in [-0.1, -0.05) is 12.1 Å². The van der Waals surface area contributed by atoms with Gasteiger partial charge >= 0.3 is 0 Å². The lowest BCUT2D eigenvalue weighted by Crippen LogP contribution is -2.37. The predicted molar refractivity (Wildman–Crippen MR) is 128 cm³/mol. The Kier molecular flexibility index (Phi) is 7.55. The Morgan fingerprint density at radius 2 is 2.00 bits per heavy atom. The highest BCUT2D eigenvalue weighted by Crippen LogP contribution is 2.17. The average molecular weight is 534 g/mol. The Morgan fingerprint density at radius 1 is 1.13 bits per heavy atom. The summed E-state index contributed by atoms with van der Waals surface area (Å²) >= 11 is 0. The zero-order valence-corrected chi connectivity index (χ0v) is 19.6. The summed E-state index contributed by atoms with van der Waals surface area (Å²) in [4.78, 5) is 8.71. The third-order valence-corrected chi connectivity index (χ3v) is 4.66. The van der Waals surface area contributed by atoms with E-state index in [-0.39, 0.29) is 29.8 Å². The number of aryl methyl sites for hydroxylation is 1. The summed E-state index contributed by atoms with van der Waals surface area (Å²) in [6.45, 7) is 5.34. The van der Waals surface area contributed by atoms with E-state index in [1.165, 1.54) is 6.07 Å². The molecule has 0 spiro atoms. The van der Waals surface area contributed by atoms with Gasteiger partial charge in [-0.05, 0) is 43.7 Å². The fourth-order valence-corrected chi connectivity index (χ4v) is 3.16. The molecule has 0 amide bonds. The van der Waals surface area contributed by atoms with Crippen molar-refractivity contribution in [2.45, 2.75) is 26.9 Å². The third kappa shape index (κ3) is 5.19. The standard InChI is InChI=1S/C21H23FN8.HI/c1-3-23-21(26-14-20-28-27-19-6-4-5-10-30(19)20)25-13-16-7-8-18(17(22)12-16)29-11-9-24-15(29)2;/h4-12H,3,13-14H2,1-2H3,(H2,23,25,26);1H. The zero-order chi connectivity index (χ0) is 20.9. The number of nitrogens with zero attached hydrogens (tertiary/aromatic N) is 6. The Bertz CT molecular complexity index is 1180. The highest BCUT2D eigenvalue weighted by Gasteiger charge is 2.09. The largest absolute Gasteiger partial charge is 0.357 e. The first kappa shape index (κ1) is 22.7. The van der Waals surface area contributed by atoms with E-state index < -0.39 is 0 Å². The van der Waals surface area contributed by atoms with Crippen molar-refractivity contribution < 1.29 is 4.39 Å². The van der Waals surface area contributed by atoms with Crippen molar-refractivity contribution in [3.8, 4) is 5.69 Å². The summed E-state index contributed by atoms with van der Waals surface area (Å²) in [5.41, 5.74) is 2.04. The van der Waals surface area contributed by atoms with Gasteiger partial charge in [0.2, 0.25) is 0 Å². The van der Waals surface area contributed by atoms with E-state index in [4.69, 9.17) is 0 Å². The van der Waals surface area contributed by atoms with Gasteiger partial charge in [-0.3, -0.25) is 4.40 Å². The summed E-state index contributed by atoms with van der Waals surface area (Å²) in [6.07, 6.45) is 5.32. The lowest BCUT2D eigenvalue weighted by molar-refractivity contribution is 0.614. The Hall–Kier alpha value is -3.02. The zero-order valence-electron chi connectivity index (χ0n) is 17.3. The van der Waals surface area contributed by atoms with E-state index in [0.717, 1.165) is 22.9 Å². The van der Waals surface area contributed by atoms with Crippen LogP contribution in [0.1, 0.15) is 24.1 Å². The summed E-state index contributed by atoms with van der Waals surface area (Å²) in [5, 5.41) is 14.8. The van der Waals surface area contributed by atoms with Gasteiger partial charge in [0.15, 0.2) is 17.4 Å². The van der Waals surface area contributed by atoms with Crippen LogP contribution in [0, 0.1) is 12.7 Å². The minimum Gasteiger partial charge on any atom is -0.357 e. The molecular weight excluding hydrogens is 510 g/mol. The van der Waals surface area contributed by atoms with Crippen molar-refractivity contribution in [3.05, 3.63) is 78.0 Å². The highest BCUT2D eigenvalue weighted by atomic mass is 127. The molecule has 162 valence electrons. The summed E-state index contributed by atoms with van der Waals surface area (Å²) in [5.74, 6) is 1.83. The number of benzene rings is 1. The quantitative estimate of drug-likeness (QED) is 0.226. The molecule has 0 saturated heterocycles. The van der Waals surface area contributed by atoms with Crippen molar-refractivity contribution in [3.63, 3.8) is 0 Å². The summed E-state index contributed by atoms with van der Waals surface area (Å²) in [7, 11) is 0. The molecule has 0 aliphatic heterocycles. The van der Waals surface area contributed by atoms with Gasteiger partial charge in [0, 0.05) is 25.1 Å². The molecule has 4 aromatic rings.